The predicted molar refractivity (Wildman–Crippen MR) is 82.8 cm³/mol. The van der Waals surface area contributed by atoms with Crippen molar-refractivity contribution in [3.05, 3.63) is 30.1 Å². The molecule has 3 rings (SSSR count). The highest BCUT2D eigenvalue weighted by atomic mass is 16.2. The van der Waals surface area contributed by atoms with Crippen LogP contribution in [-0.2, 0) is 6.54 Å². The highest BCUT2D eigenvalue weighted by Gasteiger charge is 2.34. The van der Waals surface area contributed by atoms with Crippen molar-refractivity contribution in [1.29, 1.82) is 0 Å². The van der Waals surface area contributed by atoms with Crippen molar-refractivity contribution in [2.24, 2.45) is 5.92 Å². The molecule has 1 aromatic heterocycles. The molecule has 1 aliphatic carbocycles. The molecule has 0 radical (unpaired) electrons. The second-order valence-electron chi connectivity index (χ2n) is 6.32. The summed E-state index contributed by atoms with van der Waals surface area (Å²) in [6, 6.07) is 4.48. The number of carbonyl (C=O) groups is 1. The average Bonchev–Trinajstić information content (AvgIpc) is 3.04. The Bertz CT molecular complexity index is 456. The first kappa shape index (κ1) is 14.4. The summed E-state index contributed by atoms with van der Waals surface area (Å²) in [5.74, 6) is 0.727. The lowest BCUT2D eigenvalue weighted by molar-refractivity contribution is 0.156. The zero-order valence-electron chi connectivity index (χ0n) is 12.6. The average molecular weight is 287 g/mol. The van der Waals surface area contributed by atoms with Crippen molar-refractivity contribution in [3.8, 4) is 0 Å². The number of aromatic nitrogens is 1. The Morgan fingerprint density at radius 1 is 1.24 bits per heavy atom. The maximum atomic E-state index is 12.5. The van der Waals surface area contributed by atoms with Crippen molar-refractivity contribution in [2.45, 2.75) is 57.5 Å². The minimum absolute atomic E-state index is 0.104. The summed E-state index contributed by atoms with van der Waals surface area (Å²) in [5.41, 5.74) is 1.05. The van der Waals surface area contributed by atoms with Crippen LogP contribution in [0.3, 0.4) is 0 Å². The lowest BCUT2D eigenvalue weighted by atomic mass is 9.83. The molecule has 2 amide bonds. The minimum Gasteiger partial charge on any atom is -0.334 e. The van der Waals surface area contributed by atoms with Gasteiger partial charge < -0.3 is 10.2 Å². The van der Waals surface area contributed by atoms with Gasteiger partial charge in [0.25, 0.3) is 0 Å². The summed E-state index contributed by atoms with van der Waals surface area (Å²) in [5, 5.41) is 3.06. The highest BCUT2D eigenvalue weighted by Crippen LogP contribution is 2.34. The molecule has 1 saturated carbocycles. The van der Waals surface area contributed by atoms with Crippen molar-refractivity contribution in [2.75, 3.05) is 6.54 Å². The number of carbonyl (C=O) groups excluding carboxylic acids is 1. The normalized spacial score (nSPS) is 23.2. The van der Waals surface area contributed by atoms with Crippen LogP contribution in [0.2, 0.25) is 0 Å². The van der Waals surface area contributed by atoms with Crippen LogP contribution in [0.15, 0.2) is 24.5 Å². The molecular weight excluding hydrogens is 262 g/mol. The number of nitrogens with zero attached hydrogens (tertiary/aromatic N) is 2. The second-order valence-corrected chi connectivity index (χ2v) is 6.32. The van der Waals surface area contributed by atoms with Gasteiger partial charge in [-0.2, -0.15) is 0 Å². The molecule has 2 fully saturated rings. The van der Waals surface area contributed by atoms with Gasteiger partial charge in [-0.15, -0.1) is 0 Å². The Balaban J connectivity index is 1.55. The van der Waals surface area contributed by atoms with Crippen LogP contribution < -0.4 is 5.32 Å². The van der Waals surface area contributed by atoms with E-state index in [2.05, 4.69) is 15.2 Å². The molecule has 2 heterocycles. The van der Waals surface area contributed by atoms with E-state index >= 15 is 0 Å². The summed E-state index contributed by atoms with van der Waals surface area (Å²) >= 11 is 0. The molecule has 4 nitrogen and oxygen atoms in total. The zero-order valence-corrected chi connectivity index (χ0v) is 12.6. The third-order valence-corrected chi connectivity index (χ3v) is 4.92. The van der Waals surface area contributed by atoms with E-state index in [4.69, 9.17) is 0 Å². The molecule has 114 valence electrons. The van der Waals surface area contributed by atoms with Crippen LogP contribution in [0.25, 0.3) is 0 Å². The highest BCUT2D eigenvalue weighted by molar-refractivity contribution is 5.74. The van der Waals surface area contributed by atoms with Gasteiger partial charge >= 0.3 is 6.03 Å². The quantitative estimate of drug-likeness (QED) is 0.926. The smallest absolute Gasteiger partial charge is 0.317 e. The lowest BCUT2D eigenvalue weighted by Crippen LogP contribution is -2.45. The van der Waals surface area contributed by atoms with Crippen LogP contribution in [0.1, 0.15) is 50.5 Å². The summed E-state index contributed by atoms with van der Waals surface area (Å²) in [6.45, 7) is 1.49. The number of pyridine rings is 1. The molecule has 1 aromatic rings. The SMILES string of the molecule is O=C(NCc1cccnc1)N1CCCC1C1CCCCC1. The van der Waals surface area contributed by atoms with Gasteiger partial charge in [0, 0.05) is 31.5 Å². The van der Waals surface area contributed by atoms with E-state index in [-0.39, 0.29) is 6.03 Å². The van der Waals surface area contributed by atoms with Gasteiger partial charge in [0.05, 0.1) is 0 Å². The van der Waals surface area contributed by atoms with Crippen molar-refractivity contribution >= 4 is 6.03 Å². The van der Waals surface area contributed by atoms with E-state index in [0.29, 0.717) is 12.6 Å². The first-order valence-corrected chi connectivity index (χ1v) is 8.28. The first-order valence-electron chi connectivity index (χ1n) is 8.28. The Morgan fingerprint density at radius 2 is 2.10 bits per heavy atom. The van der Waals surface area contributed by atoms with Gasteiger partial charge in [-0.3, -0.25) is 4.98 Å². The van der Waals surface area contributed by atoms with Crippen LogP contribution >= 0.6 is 0 Å². The van der Waals surface area contributed by atoms with Gasteiger partial charge in [-0.25, -0.2) is 4.79 Å². The molecule has 0 spiro atoms. The molecule has 2 aliphatic rings. The fraction of sp³-hybridized carbons (Fsp3) is 0.647. The number of amides is 2. The number of likely N-dealkylation sites (tertiary alicyclic amines) is 1. The molecule has 21 heavy (non-hydrogen) atoms. The molecule has 1 saturated heterocycles. The summed E-state index contributed by atoms with van der Waals surface area (Å²) in [7, 11) is 0. The maximum absolute atomic E-state index is 12.5. The van der Waals surface area contributed by atoms with E-state index in [0.717, 1.165) is 24.4 Å². The van der Waals surface area contributed by atoms with Gasteiger partial charge in [0.15, 0.2) is 0 Å². The number of rotatable bonds is 3. The van der Waals surface area contributed by atoms with Gasteiger partial charge in [-0.1, -0.05) is 25.3 Å². The molecule has 1 aliphatic heterocycles. The zero-order chi connectivity index (χ0) is 14.5. The minimum atomic E-state index is 0.104. The molecule has 4 heteroatoms. The van der Waals surface area contributed by atoms with E-state index in [1.165, 1.54) is 38.5 Å². The van der Waals surface area contributed by atoms with Crippen molar-refractivity contribution < 1.29 is 4.79 Å². The first-order chi connectivity index (χ1) is 10.3. The third kappa shape index (κ3) is 3.55. The standard InChI is InChI=1S/C17H25N3O/c21-17(19-13-14-6-4-10-18-12-14)20-11-5-9-16(20)15-7-2-1-3-8-15/h4,6,10,12,15-16H,1-3,5,7-9,11,13H2,(H,19,21). The Labute approximate surface area is 126 Å². The maximum Gasteiger partial charge on any atom is 0.317 e. The number of nitrogens with one attached hydrogen (secondary N) is 1. The number of hydrogen-bond acceptors (Lipinski definition) is 2. The fourth-order valence-corrected chi connectivity index (χ4v) is 3.84. The third-order valence-electron chi connectivity index (χ3n) is 4.92. The van der Waals surface area contributed by atoms with Crippen LogP contribution in [0.4, 0.5) is 4.79 Å². The second kappa shape index (κ2) is 6.92. The molecule has 0 aromatic carbocycles. The van der Waals surface area contributed by atoms with E-state index in [1.54, 1.807) is 6.20 Å². The topological polar surface area (TPSA) is 45.2 Å². The molecule has 1 atom stereocenters. The van der Waals surface area contributed by atoms with Gasteiger partial charge in [-0.05, 0) is 43.2 Å². The van der Waals surface area contributed by atoms with Crippen LogP contribution in [-0.4, -0.2) is 28.5 Å². The number of urea groups is 1. The summed E-state index contributed by atoms with van der Waals surface area (Å²) in [6.07, 6.45) is 12.6. The monoisotopic (exact) mass is 287 g/mol. The van der Waals surface area contributed by atoms with Crippen molar-refractivity contribution in [1.82, 2.24) is 15.2 Å². The Morgan fingerprint density at radius 3 is 2.86 bits per heavy atom. The Hall–Kier alpha value is -1.58. The van der Waals surface area contributed by atoms with E-state index in [1.807, 2.05) is 18.3 Å². The van der Waals surface area contributed by atoms with Gasteiger partial charge in [0.2, 0.25) is 0 Å². The van der Waals surface area contributed by atoms with Gasteiger partial charge in [0.1, 0.15) is 0 Å². The molecule has 1 N–H and O–H groups in total. The summed E-state index contributed by atoms with van der Waals surface area (Å²) < 4.78 is 0. The summed E-state index contributed by atoms with van der Waals surface area (Å²) in [4.78, 5) is 18.6. The lowest BCUT2D eigenvalue weighted by Gasteiger charge is -2.34. The van der Waals surface area contributed by atoms with Crippen LogP contribution in [0, 0.1) is 5.92 Å². The van der Waals surface area contributed by atoms with E-state index in [9.17, 15) is 4.79 Å². The molecular formula is C17H25N3O. The number of hydrogen-bond donors (Lipinski definition) is 1. The van der Waals surface area contributed by atoms with Crippen LogP contribution in [0.5, 0.6) is 0 Å². The van der Waals surface area contributed by atoms with Crippen molar-refractivity contribution in [3.63, 3.8) is 0 Å². The molecule has 0 bridgehead atoms. The Kier molecular flexibility index (Phi) is 4.73. The fourth-order valence-electron chi connectivity index (χ4n) is 3.84. The largest absolute Gasteiger partial charge is 0.334 e. The molecule has 1 unspecified atom stereocenters. The van der Waals surface area contributed by atoms with E-state index < -0.39 is 0 Å². The predicted octanol–water partition coefficient (Wildman–Crippen LogP) is 3.34.